The number of hydrogen-bond acceptors (Lipinski definition) is 7. The summed E-state index contributed by atoms with van der Waals surface area (Å²) in [5, 5.41) is 4.22. The van der Waals surface area contributed by atoms with E-state index in [1.165, 1.54) is 6.07 Å². The molecule has 7 rings (SSSR count). The Morgan fingerprint density at radius 1 is 1.15 bits per heavy atom. The number of carbonyl (C=O) groups is 1. The third kappa shape index (κ3) is 5.54. The van der Waals surface area contributed by atoms with Crippen LogP contribution in [0.2, 0.25) is 0 Å². The summed E-state index contributed by atoms with van der Waals surface area (Å²) in [7, 11) is -2.71. The molecule has 2 bridgehead atoms. The summed E-state index contributed by atoms with van der Waals surface area (Å²) >= 11 is 0. The van der Waals surface area contributed by atoms with Crippen molar-refractivity contribution >= 4 is 38.4 Å². The van der Waals surface area contributed by atoms with Crippen LogP contribution in [0.3, 0.4) is 0 Å². The largest absolute Gasteiger partial charge is 0.482 e. The molecule has 1 aliphatic carbocycles. The van der Waals surface area contributed by atoms with E-state index in [2.05, 4.69) is 16.9 Å². The van der Waals surface area contributed by atoms with Gasteiger partial charge in [0, 0.05) is 48.2 Å². The van der Waals surface area contributed by atoms with Crippen molar-refractivity contribution in [3.05, 3.63) is 54.2 Å². The second kappa shape index (κ2) is 11.9. The van der Waals surface area contributed by atoms with Gasteiger partial charge in [-0.3, -0.25) is 9.20 Å². The van der Waals surface area contributed by atoms with Crippen LogP contribution in [-0.2, 0) is 16.6 Å². The molecule has 6 heterocycles. The van der Waals surface area contributed by atoms with Crippen LogP contribution >= 0.6 is 0 Å². The molecular weight excluding hydrogens is 628 g/mol. The number of pyridine rings is 2. The first-order valence-corrected chi connectivity index (χ1v) is 17.9. The second-order valence-electron chi connectivity index (χ2n) is 12.9. The second-order valence-corrected chi connectivity index (χ2v) is 14.8. The number of ether oxygens (including phenoxy) is 1. The zero-order valence-corrected chi connectivity index (χ0v) is 27.5. The number of nitrogens with one attached hydrogen (secondary N) is 1. The third-order valence-electron chi connectivity index (χ3n) is 9.82. The van der Waals surface area contributed by atoms with Gasteiger partial charge in [0.15, 0.2) is 5.88 Å². The van der Waals surface area contributed by atoms with Crippen LogP contribution in [0.25, 0.3) is 28.1 Å². The molecule has 250 valence electrons. The Morgan fingerprint density at radius 3 is 2.60 bits per heavy atom. The molecule has 0 radical (unpaired) electrons. The Balaban J connectivity index is 1.31. The number of imidazole rings is 1. The van der Waals surface area contributed by atoms with Crippen LogP contribution in [0, 0.1) is 12.8 Å². The van der Waals surface area contributed by atoms with E-state index in [1.807, 2.05) is 32.9 Å². The number of nitrogens with zero attached hydrogens (tertiary/aromatic N) is 6. The number of rotatable bonds is 11. The van der Waals surface area contributed by atoms with Crippen molar-refractivity contribution in [3.63, 3.8) is 0 Å². The summed E-state index contributed by atoms with van der Waals surface area (Å²) in [4.78, 5) is 25.6. The van der Waals surface area contributed by atoms with E-state index in [0.717, 1.165) is 56.2 Å². The van der Waals surface area contributed by atoms with Crippen molar-refractivity contribution in [2.45, 2.75) is 76.7 Å². The van der Waals surface area contributed by atoms with Crippen molar-refractivity contribution in [1.29, 1.82) is 0 Å². The number of halogens is 2. The summed E-state index contributed by atoms with van der Waals surface area (Å²) in [6.45, 7) is 3.74. The Labute approximate surface area is 272 Å². The van der Waals surface area contributed by atoms with Crippen LogP contribution < -0.4 is 14.4 Å². The summed E-state index contributed by atoms with van der Waals surface area (Å²) in [5.74, 6) is 0.469. The molecular formula is C33H39F2N7O4S. The summed E-state index contributed by atoms with van der Waals surface area (Å²) < 4.78 is 61.9. The van der Waals surface area contributed by atoms with E-state index in [0.29, 0.717) is 52.8 Å². The SMILES string of the molecule is C=CCN[C@@H]1CC[C@@H]2CC[C@H]1N2C(=O)c1cc(OC)n2c(C)c(-c3cc4ccc(N(C(F)F)S(C)(=O)=O)nc4n3CC3CC3)nc2c1. The summed E-state index contributed by atoms with van der Waals surface area (Å²) in [6, 6.07) is 8.91. The molecule has 4 aromatic rings. The van der Waals surface area contributed by atoms with Gasteiger partial charge in [0.25, 0.3) is 5.91 Å². The highest BCUT2D eigenvalue weighted by Crippen LogP contribution is 2.40. The predicted octanol–water partition coefficient (Wildman–Crippen LogP) is 4.98. The number of anilines is 1. The molecule has 4 aromatic heterocycles. The number of fused-ring (bicyclic) bond motifs is 4. The number of carbonyl (C=O) groups excluding carboxylic acids is 1. The van der Waals surface area contributed by atoms with Crippen LogP contribution in [-0.4, -0.2) is 82.7 Å². The fraction of sp³-hybridized carbons (Fsp3) is 0.485. The Hall–Kier alpha value is -4.04. The van der Waals surface area contributed by atoms with Crippen molar-refractivity contribution in [2.24, 2.45) is 5.92 Å². The lowest BCUT2D eigenvalue weighted by Gasteiger charge is -2.40. The number of methoxy groups -OCH3 is 1. The van der Waals surface area contributed by atoms with E-state index in [1.54, 1.807) is 25.3 Å². The molecule has 0 unspecified atom stereocenters. The minimum absolute atomic E-state index is 0.0341. The normalized spacial score (nSPS) is 21.2. The average Bonchev–Trinajstić information content (AvgIpc) is 3.60. The standard InChI is InChI=1S/C33H39F2N7O4S/c1-5-14-36-24-11-9-23-10-12-25(24)41(23)32(43)22-16-28-37-30(19(2)40(28)29(17-22)46-3)26-15-21-8-13-27(42(33(34)35)47(4,44)45)38-31(21)39(26)18-20-6-7-20/h5,8,13,15-17,20,23-25,33,36H,1,6-7,9-12,14,18H2,2-4H3/t23-,24-,25-/m1/s1. The zero-order valence-electron chi connectivity index (χ0n) is 26.7. The van der Waals surface area contributed by atoms with Gasteiger partial charge < -0.3 is 19.5 Å². The molecule has 1 amide bonds. The van der Waals surface area contributed by atoms with Crippen molar-refractivity contribution in [3.8, 4) is 17.3 Å². The molecule has 1 saturated carbocycles. The number of aromatic nitrogens is 4. The molecule has 3 fully saturated rings. The van der Waals surface area contributed by atoms with E-state index in [4.69, 9.17) is 9.72 Å². The molecule has 0 spiro atoms. The molecule has 2 saturated heterocycles. The quantitative estimate of drug-likeness (QED) is 0.177. The van der Waals surface area contributed by atoms with E-state index in [-0.39, 0.29) is 34.2 Å². The van der Waals surface area contributed by atoms with Crippen LogP contribution in [0.1, 0.15) is 54.6 Å². The highest BCUT2D eigenvalue weighted by atomic mass is 32.2. The zero-order chi connectivity index (χ0) is 33.2. The summed E-state index contributed by atoms with van der Waals surface area (Å²) in [6.07, 6.45) is 8.54. The first kappa shape index (κ1) is 31.6. The molecule has 3 aliphatic rings. The molecule has 11 nitrogen and oxygen atoms in total. The van der Waals surface area contributed by atoms with Crippen LogP contribution in [0.4, 0.5) is 14.6 Å². The first-order chi connectivity index (χ1) is 22.5. The van der Waals surface area contributed by atoms with Gasteiger partial charge in [-0.15, -0.1) is 6.58 Å². The maximum absolute atomic E-state index is 14.1. The number of aryl methyl sites for hydroxylation is 1. The van der Waals surface area contributed by atoms with Gasteiger partial charge in [-0.2, -0.15) is 13.1 Å². The Kier molecular flexibility index (Phi) is 7.98. The van der Waals surface area contributed by atoms with Gasteiger partial charge in [0.05, 0.1) is 24.8 Å². The molecule has 3 atom stereocenters. The lowest BCUT2D eigenvalue weighted by Crippen LogP contribution is -2.55. The van der Waals surface area contributed by atoms with Gasteiger partial charge in [-0.25, -0.2) is 18.4 Å². The van der Waals surface area contributed by atoms with Gasteiger partial charge in [-0.1, -0.05) is 6.08 Å². The van der Waals surface area contributed by atoms with Crippen molar-refractivity contribution < 1.29 is 26.7 Å². The summed E-state index contributed by atoms with van der Waals surface area (Å²) in [5.41, 5.74) is 3.58. The maximum Gasteiger partial charge on any atom is 0.329 e. The predicted molar refractivity (Wildman–Crippen MR) is 175 cm³/mol. The number of sulfonamides is 1. The van der Waals surface area contributed by atoms with Gasteiger partial charge >= 0.3 is 6.55 Å². The fourth-order valence-corrected chi connectivity index (χ4v) is 8.21. The maximum atomic E-state index is 14.1. The van der Waals surface area contributed by atoms with Crippen LogP contribution in [0.15, 0.2) is 43.0 Å². The van der Waals surface area contributed by atoms with Gasteiger partial charge in [-0.05, 0) is 75.6 Å². The number of amides is 1. The lowest BCUT2D eigenvalue weighted by atomic mass is 9.96. The van der Waals surface area contributed by atoms with E-state index < -0.39 is 16.6 Å². The minimum Gasteiger partial charge on any atom is -0.482 e. The van der Waals surface area contributed by atoms with Crippen molar-refractivity contribution in [2.75, 3.05) is 24.2 Å². The highest BCUT2D eigenvalue weighted by Gasteiger charge is 2.45. The van der Waals surface area contributed by atoms with Gasteiger partial charge in [0.1, 0.15) is 22.8 Å². The minimum atomic E-state index is -4.27. The topological polar surface area (TPSA) is 114 Å². The number of alkyl halides is 2. The lowest BCUT2D eigenvalue weighted by molar-refractivity contribution is 0.0536. The number of piperidine rings is 1. The van der Waals surface area contributed by atoms with E-state index >= 15 is 0 Å². The van der Waals surface area contributed by atoms with Crippen molar-refractivity contribution in [1.82, 2.24) is 29.2 Å². The smallest absolute Gasteiger partial charge is 0.329 e. The Bertz CT molecular complexity index is 1990. The monoisotopic (exact) mass is 667 g/mol. The highest BCUT2D eigenvalue weighted by molar-refractivity contribution is 7.92. The average molecular weight is 668 g/mol. The fourth-order valence-electron chi connectivity index (χ4n) is 7.48. The molecule has 2 aliphatic heterocycles. The Morgan fingerprint density at radius 2 is 1.91 bits per heavy atom. The number of hydrogen-bond donors (Lipinski definition) is 1. The third-order valence-corrected chi connectivity index (χ3v) is 10.9. The molecule has 47 heavy (non-hydrogen) atoms. The molecule has 14 heteroatoms. The molecule has 0 aromatic carbocycles. The van der Waals surface area contributed by atoms with E-state index in [9.17, 15) is 22.0 Å². The first-order valence-electron chi connectivity index (χ1n) is 16.0. The van der Waals surface area contributed by atoms with Gasteiger partial charge in [0.2, 0.25) is 10.0 Å². The van der Waals surface area contributed by atoms with Crippen LogP contribution in [0.5, 0.6) is 5.88 Å². The molecule has 1 N–H and O–H groups in total.